The molecule has 0 spiro atoms. The summed E-state index contributed by atoms with van der Waals surface area (Å²) in [6, 6.07) is 3.55. The first kappa shape index (κ1) is 15.6. The minimum Gasteiger partial charge on any atom is -0.329 e. The first-order valence-electron chi connectivity index (χ1n) is 8.04. The molecular weight excluding hydrogens is 320 g/mol. The Kier molecular flexibility index (Phi) is 4.01. The first-order chi connectivity index (χ1) is 11.7. The largest absolute Gasteiger partial charge is 0.329 e. The summed E-state index contributed by atoms with van der Waals surface area (Å²) in [6.07, 6.45) is 4.51. The normalized spacial score (nSPS) is 16.3. The molecule has 3 aromatic heterocycles. The van der Waals surface area contributed by atoms with Crippen molar-refractivity contribution in [1.29, 1.82) is 0 Å². The Labute approximate surface area is 144 Å². The van der Waals surface area contributed by atoms with Crippen molar-refractivity contribution < 1.29 is 0 Å². The molecule has 0 radical (unpaired) electrons. The molecule has 0 aliphatic carbocycles. The van der Waals surface area contributed by atoms with Gasteiger partial charge in [-0.05, 0) is 31.2 Å². The van der Waals surface area contributed by atoms with E-state index < -0.39 is 0 Å². The van der Waals surface area contributed by atoms with Crippen LogP contribution in [0.15, 0.2) is 24.5 Å². The molecule has 4 heterocycles. The van der Waals surface area contributed by atoms with Crippen LogP contribution >= 0.6 is 11.3 Å². The Hall–Kier alpha value is -1.93. The molecule has 4 rings (SSSR count). The van der Waals surface area contributed by atoms with E-state index in [0.717, 1.165) is 41.0 Å². The fraction of sp³-hybridized carbons (Fsp3) is 0.353. The van der Waals surface area contributed by atoms with E-state index in [-0.39, 0.29) is 6.04 Å². The minimum absolute atomic E-state index is 0.283. The Morgan fingerprint density at radius 2 is 2.08 bits per heavy atom. The van der Waals surface area contributed by atoms with Gasteiger partial charge in [-0.25, -0.2) is 9.97 Å². The van der Waals surface area contributed by atoms with Crippen molar-refractivity contribution in [3.8, 4) is 11.4 Å². The van der Waals surface area contributed by atoms with Crippen molar-refractivity contribution in [1.82, 2.24) is 19.9 Å². The summed E-state index contributed by atoms with van der Waals surface area (Å²) in [4.78, 5) is 18.4. The lowest BCUT2D eigenvalue weighted by Gasteiger charge is -2.22. The van der Waals surface area contributed by atoms with Crippen molar-refractivity contribution >= 4 is 21.6 Å². The number of fused-ring (bicyclic) bond motifs is 3. The van der Waals surface area contributed by atoms with Crippen LogP contribution in [0, 0.1) is 0 Å². The molecule has 0 saturated carbocycles. The third-order valence-corrected chi connectivity index (χ3v) is 5.57. The molecule has 7 heteroatoms. The number of nitrogens with zero attached hydrogens (tertiary/aromatic N) is 4. The van der Waals surface area contributed by atoms with E-state index in [0.29, 0.717) is 12.4 Å². The summed E-state index contributed by atoms with van der Waals surface area (Å²) in [5.41, 5.74) is 15.3. The van der Waals surface area contributed by atoms with Crippen molar-refractivity contribution in [3.63, 3.8) is 0 Å². The zero-order valence-corrected chi connectivity index (χ0v) is 14.4. The lowest BCUT2D eigenvalue weighted by Crippen LogP contribution is -2.26. The minimum atomic E-state index is -0.283. The van der Waals surface area contributed by atoms with Crippen LogP contribution in [-0.2, 0) is 13.0 Å². The molecule has 1 atom stereocenters. The molecule has 1 aliphatic rings. The van der Waals surface area contributed by atoms with Crippen molar-refractivity contribution in [2.24, 2.45) is 11.5 Å². The average molecular weight is 340 g/mol. The second-order valence-electron chi connectivity index (χ2n) is 6.18. The molecule has 0 bridgehead atoms. The Balaban J connectivity index is 1.96. The molecule has 0 aromatic carbocycles. The van der Waals surface area contributed by atoms with Gasteiger partial charge in [-0.2, -0.15) is 0 Å². The van der Waals surface area contributed by atoms with Gasteiger partial charge in [0.05, 0.1) is 11.7 Å². The maximum atomic E-state index is 6.29. The van der Waals surface area contributed by atoms with E-state index in [4.69, 9.17) is 21.4 Å². The number of pyridine rings is 1. The van der Waals surface area contributed by atoms with E-state index in [9.17, 15) is 0 Å². The highest BCUT2D eigenvalue weighted by Crippen LogP contribution is 2.37. The van der Waals surface area contributed by atoms with Crippen LogP contribution in [-0.4, -0.2) is 40.0 Å². The summed E-state index contributed by atoms with van der Waals surface area (Å²) in [5, 5.41) is 1.12. The predicted molar refractivity (Wildman–Crippen MR) is 96.7 cm³/mol. The SMILES string of the molecule is CN1CCc2c(sc3nc(-c4ccncc4)nc(C(N)CN)c23)C1. The average Bonchev–Trinajstić information content (AvgIpc) is 2.98. The highest BCUT2D eigenvalue weighted by Gasteiger charge is 2.25. The van der Waals surface area contributed by atoms with Gasteiger partial charge in [0.1, 0.15) is 4.83 Å². The summed E-state index contributed by atoms with van der Waals surface area (Å²) in [7, 11) is 2.15. The molecule has 1 unspecified atom stereocenters. The van der Waals surface area contributed by atoms with E-state index in [1.54, 1.807) is 23.7 Å². The van der Waals surface area contributed by atoms with Gasteiger partial charge in [0.2, 0.25) is 0 Å². The summed E-state index contributed by atoms with van der Waals surface area (Å²) in [6.45, 7) is 2.37. The third-order valence-electron chi connectivity index (χ3n) is 4.46. The molecule has 1 aliphatic heterocycles. The number of thiophene rings is 1. The summed E-state index contributed by atoms with van der Waals surface area (Å²) in [5.74, 6) is 0.691. The smallest absolute Gasteiger partial charge is 0.161 e. The first-order valence-corrected chi connectivity index (χ1v) is 8.85. The molecule has 124 valence electrons. The van der Waals surface area contributed by atoms with Crippen LogP contribution in [0.4, 0.5) is 0 Å². The molecule has 4 N–H and O–H groups in total. The van der Waals surface area contributed by atoms with Crippen LogP contribution in [0.3, 0.4) is 0 Å². The van der Waals surface area contributed by atoms with Crippen LogP contribution < -0.4 is 11.5 Å². The number of hydrogen-bond acceptors (Lipinski definition) is 7. The van der Waals surface area contributed by atoms with Crippen LogP contribution in [0.1, 0.15) is 22.2 Å². The molecule has 24 heavy (non-hydrogen) atoms. The molecule has 6 nitrogen and oxygen atoms in total. The van der Waals surface area contributed by atoms with E-state index in [2.05, 4.69) is 16.9 Å². The zero-order chi connectivity index (χ0) is 16.7. The van der Waals surface area contributed by atoms with Crippen molar-refractivity contribution in [2.45, 2.75) is 19.0 Å². The number of aromatic nitrogens is 3. The van der Waals surface area contributed by atoms with E-state index >= 15 is 0 Å². The maximum Gasteiger partial charge on any atom is 0.161 e. The standard InChI is InChI=1S/C17H20N6S/c1-23-7-4-11-13(9-23)24-17-14(11)15(12(19)8-18)21-16(22-17)10-2-5-20-6-3-10/h2-3,5-6,12H,4,7-9,18-19H2,1H3. The maximum absolute atomic E-state index is 6.29. The monoisotopic (exact) mass is 340 g/mol. The van der Waals surface area contributed by atoms with Gasteiger partial charge in [-0.3, -0.25) is 4.98 Å². The zero-order valence-electron chi connectivity index (χ0n) is 13.6. The molecule has 0 saturated heterocycles. The fourth-order valence-electron chi connectivity index (χ4n) is 3.16. The lowest BCUT2D eigenvalue weighted by molar-refractivity contribution is 0.318. The quantitative estimate of drug-likeness (QED) is 0.754. The van der Waals surface area contributed by atoms with Crippen LogP contribution in [0.25, 0.3) is 21.6 Å². The Morgan fingerprint density at radius 1 is 1.29 bits per heavy atom. The molecule has 0 amide bonds. The van der Waals surface area contributed by atoms with Gasteiger partial charge in [-0.1, -0.05) is 0 Å². The fourth-order valence-corrected chi connectivity index (χ4v) is 4.47. The van der Waals surface area contributed by atoms with Gasteiger partial charge in [0.25, 0.3) is 0 Å². The molecular formula is C17H20N6S. The summed E-state index contributed by atoms with van der Waals surface area (Å²) >= 11 is 1.75. The highest BCUT2D eigenvalue weighted by atomic mass is 32.1. The highest BCUT2D eigenvalue weighted by molar-refractivity contribution is 7.18. The number of rotatable bonds is 3. The Morgan fingerprint density at radius 3 is 2.83 bits per heavy atom. The van der Waals surface area contributed by atoms with E-state index in [1.165, 1.54) is 10.4 Å². The van der Waals surface area contributed by atoms with Gasteiger partial charge in [0, 0.05) is 47.9 Å². The van der Waals surface area contributed by atoms with Gasteiger partial charge in [0.15, 0.2) is 5.82 Å². The van der Waals surface area contributed by atoms with Crippen molar-refractivity contribution in [2.75, 3.05) is 20.1 Å². The third kappa shape index (κ3) is 2.59. The topological polar surface area (TPSA) is 94.0 Å². The Bertz CT molecular complexity index is 876. The second kappa shape index (κ2) is 6.18. The second-order valence-corrected chi connectivity index (χ2v) is 7.27. The van der Waals surface area contributed by atoms with Crippen LogP contribution in [0.5, 0.6) is 0 Å². The summed E-state index contributed by atoms with van der Waals surface area (Å²) < 4.78 is 0. The predicted octanol–water partition coefficient (Wildman–Crippen LogP) is 1.70. The lowest BCUT2D eigenvalue weighted by atomic mass is 10.0. The number of nitrogens with two attached hydrogens (primary N) is 2. The molecule has 3 aromatic rings. The van der Waals surface area contributed by atoms with Gasteiger partial charge < -0.3 is 16.4 Å². The van der Waals surface area contributed by atoms with Crippen molar-refractivity contribution in [3.05, 3.63) is 40.7 Å². The van der Waals surface area contributed by atoms with Gasteiger partial charge in [-0.15, -0.1) is 11.3 Å². The van der Waals surface area contributed by atoms with Crippen LogP contribution in [0.2, 0.25) is 0 Å². The van der Waals surface area contributed by atoms with Gasteiger partial charge >= 0.3 is 0 Å². The van der Waals surface area contributed by atoms with E-state index in [1.807, 2.05) is 12.1 Å². The number of likely N-dealkylation sites (N-methyl/N-ethyl adjacent to an activating group) is 1. The molecule has 0 fully saturated rings. The number of hydrogen-bond donors (Lipinski definition) is 2.